The van der Waals surface area contributed by atoms with Crippen molar-refractivity contribution in [2.24, 2.45) is 11.8 Å². The van der Waals surface area contributed by atoms with Crippen LogP contribution in [0, 0.1) is 11.8 Å². The molecule has 4 heterocycles. The van der Waals surface area contributed by atoms with Crippen molar-refractivity contribution in [1.82, 2.24) is 25.2 Å². The van der Waals surface area contributed by atoms with E-state index in [-0.39, 0.29) is 11.8 Å². The summed E-state index contributed by atoms with van der Waals surface area (Å²) in [7, 11) is 0. The number of rotatable bonds is 8. The van der Waals surface area contributed by atoms with Crippen LogP contribution in [0.15, 0.2) is 66.9 Å². The summed E-state index contributed by atoms with van der Waals surface area (Å²) in [6.07, 6.45) is 4.09. The predicted molar refractivity (Wildman–Crippen MR) is 121 cm³/mol. The Bertz CT molecular complexity index is 1020. The number of hydrogen-bond acceptors (Lipinski definition) is 5. The predicted octanol–water partition coefficient (Wildman–Crippen LogP) is 2.88. The number of benzene rings is 2. The molecule has 3 fully saturated rings. The van der Waals surface area contributed by atoms with Crippen LogP contribution in [-0.2, 0) is 24.5 Å². The summed E-state index contributed by atoms with van der Waals surface area (Å²) in [5, 5.41) is 11.7. The van der Waals surface area contributed by atoms with Gasteiger partial charge < -0.3 is 10.1 Å². The lowest BCUT2D eigenvalue weighted by Gasteiger charge is -2.49. The van der Waals surface area contributed by atoms with Crippen LogP contribution in [0.4, 0.5) is 0 Å². The summed E-state index contributed by atoms with van der Waals surface area (Å²) in [5.41, 5.74) is 1.96. The molecule has 0 aliphatic carbocycles. The fourth-order valence-electron chi connectivity index (χ4n) is 4.93. The topological polar surface area (TPSA) is 72.3 Å². The molecule has 3 aromatic rings. The van der Waals surface area contributed by atoms with Gasteiger partial charge in [-0.3, -0.25) is 14.4 Å². The van der Waals surface area contributed by atoms with Crippen molar-refractivity contribution < 1.29 is 9.53 Å². The normalized spacial score (nSPS) is 24.2. The zero-order chi connectivity index (χ0) is 21.8. The maximum absolute atomic E-state index is 12.8. The fourth-order valence-corrected chi connectivity index (χ4v) is 4.93. The number of ether oxygens (including phenoxy) is 1. The molecule has 3 aliphatic rings. The lowest BCUT2D eigenvalue weighted by molar-refractivity contribution is -0.133. The summed E-state index contributed by atoms with van der Waals surface area (Å²) in [4.78, 5) is 15.3. The Morgan fingerprint density at radius 2 is 1.88 bits per heavy atom. The number of piperidine rings is 3. The van der Waals surface area contributed by atoms with Gasteiger partial charge in [-0.05, 0) is 43.0 Å². The summed E-state index contributed by atoms with van der Waals surface area (Å²) in [6, 6.07) is 20.2. The van der Waals surface area contributed by atoms with Gasteiger partial charge in [0.15, 0.2) is 0 Å². The minimum Gasteiger partial charge on any atom is -0.487 e. The molecule has 3 aliphatic heterocycles. The second-order valence-corrected chi connectivity index (χ2v) is 8.78. The van der Waals surface area contributed by atoms with Gasteiger partial charge in [0.1, 0.15) is 18.1 Å². The van der Waals surface area contributed by atoms with E-state index >= 15 is 0 Å². The Kier molecular flexibility index (Phi) is 6.16. The van der Waals surface area contributed by atoms with Gasteiger partial charge in [-0.2, -0.15) is 0 Å². The number of amides is 1. The second-order valence-electron chi connectivity index (χ2n) is 8.78. The first-order valence-electron chi connectivity index (χ1n) is 11.4. The molecule has 0 saturated carbocycles. The van der Waals surface area contributed by atoms with Gasteiger partial charge in [-0.25, -0.2) is 0 Å². The van der Waals surface area contributed by atoms with Crippen molar-refractivity contribution in [3.8, 4) is 5.75 Å². The zero-order valence-corrected chi connectivity index (χ0v) is 18.1. The smallest absolute Gasteiger partial charge is 0.224 e. The summed E-state index contributed by atoms with van der Waals surface area (Å²) < 4.78 is 7.69. The van der Waals surface area contributed by atoms with E-state index in [4.69, 9.17) is 4.74 Å². The molecule has 1 aromatic heterocycles. The molecule has 0 spiro atoms. The summed E-state index contributed by atoms with van der Waals surface area (Å²) in [5.74, 6) is 1.52. The molecule has 7 nitrogen and oxygen atoms in total. The third-order valence-electron chi connectivity index (χ3n) is 6.64. The van der Waals surface area contributed by atoms with Crippen molar-refractivity contribution in [2.45, 2.75) is 38.6 Å². The van der Waals surface area contributed by atoms with Gasteiger partial charge >= 0.3 is 0 Å². The van der Waals surface area contributed by atoms with E-state index in [1.165, 1.54) is 0 Å². The first kappa shape index (κ1) is 20.7. The second kappa shape index (κ2) is 9.53. The number of nitrogens with one attached hydrogen (secondary N) is 1. The van der Waals surface area contributed by atoms with Gasteiger partial charge in [-0.15, -0.1) is 5.10 Å². The molecule has 0 radical (unpaired) electrons. The summed E-state index contributed by atoms with van der Waals surface area (Å²) >= 11 is 0. The van der Waals surface area contributed by atoms with Gasteiger partial charge in [0, 0.05) is 19.1 Å². The Hall–Kier alpha value is -3.19. The Morgan fingerprint density at radius 3 is 2.62 bits per heavy atom. The SMILES string of the molecule is O=C(NCc1ccccc1)C1CN2CCC1CC2Cn1cc(COc2ccccc2)nn1. The van der Waals surface area contributed by atoms with Crippen LogP contribution in [0.1, 0.15) is 24.1 Å². The molecule has 1 N–H and O–H groups in total. The average Bonchev–Trinajstić information content (AvgIpc) is 3.30. The Morgan fingerprint density at radius 1 is 1.09 bits per heavy atom. The Labute approximate surface area is 188 Å². The van der Waals surface area contributed by atoms with Crippen molar-refractivity contribution in [1.29, 1.82) is 0 Å². The highest BCUT2D eigenvalue weighted by Gasteiger charge is 2.43. The molecule has 4 atom stereocenters. The molecule has 1 amide bonds. The number of hydrogen-bond donors (Lipinski definition) is 1. The highest BCUT2D eigenvalue weighted by molar-refractivity contribution is 5.79. The maximum Gasteiger partial charge on any atom is 0.224 e. The van der Waals surface area contributed by atoms with Gasteiger partial charge in [-0.1, -0.05) is 53.7 Å². The van der Waals surface area contributed by atoms with E-state index < -0.39 is 0 Å². The molecular formula is C25H29N5O2. The molecule has 4 unspecified atom stereocenters. The number of aromatic nitrogens is 3. The van der Waals surface area contributed by atoms with E-state index in [2.05, 4.69) is 20.5 Å². The highest BCUT2D eigenvalue weighted by Crippen LogP contribution is 2.37. The molecule has 166 valence electrons. The molecule has 32 heavy (non-hydrogen) atoms. The van der Waals surface area contributed by atoms with Gasteiger partial charge in [0.25, 0.3) is 0 Å². The molecule has 2 bridgehead atoms. The molecule has 2 aromatic carbocycles. The summed E-state index contributed by atoms with van der Waals surface area (Å²) in [6.45, 7) is 3.68. The monoisotopic (exact) mass is 431 g/mol. The van der Waals surface area contributed by atoms with Crippen LogP contribution < -0.4 is 10.1 Å². The van der Waals surface area contributed by atoms with E-state index in [1.807, 2.05) is 71.5 Å². The molecular weight excluding hydrogens is 402 g/mol. The average molecular weight is 432 g/mol. The van der Waals surface area contributed by atoms with Crippen LogP contribution in [-0.4, -0.2) is 44.9 Å². The lowest BCUT2D eigenvalue weighted by Crippen LogP contribution is -2.58. The van der Waals surface area contributed by atoms with Crippen LogP contribution in [0.3, 0.4) is 0 Å². The van der Waals surface area contributed by atoms with Crippen molar-refractivity contribution in [2.75, 3.05) is 13.1 Å². The van der Waals surface area contributed by atoms with E-state index in [1.54, 1.807) is 0 Å². The van der Waals surface area contributed by atoms with Crippen molar-refractivity contribution >= 4 is 5.91 Å². The molecule has 7 heteroatoms. The first-order chi connectivity index (χ1) is 15.7. The van der Waals surface area contributed by atoms with Crippen LogP contribution in [0.5, 0.6) is 5.75 Å². The third kappa shape index (κ3) is 4.83. The van der Waals surface area contributed by atoms with Crippen LogP contribution >= 0.6 is 0 Å². The first-order valence-corrected chi connectivity index (χ1v) is 11.4. The number of para-hydroxylation sites is 1. The van der Waals surface area contributed by atoms with E-state index in [0.717, 1.165) is 49.5 Å². The number of carbonyl (C=O) groups excluding carboxylic acids is 1. The van der Waals surface area contributed by atoms with E-state index in [9.17, 15) is 4.79 Å². The fraction of sp³-hybridized carbons (Fsp3) is 0.400. The van der Waals surface area contributed by atoms with Crippen LogP contribution in [0.2, 0.25) is 0 Å². The maximum atomic E-state index is 12.8. The minimum absolute atomic E-state index is 0.0780. The number of fused-ring (bicyclic) bond motifs is 3. The van der Waals surface area contributed by atoms with E-state index in [0.29, 0.717) is 25.1 Å². The van der Waals surface area contributed by atoms with Crippen LogP contribution in [0.25, 0.3) is 0 Å². The third-order valence-corrected chi connectivity index (χ3v) is 6.64. The van der Waals surface area contributed by atoms with Gasteiger partial charge in [0.05, 0.1) is 18.7 Å². The largest absolute Gasteiger partial charge is 0.487 e. The molecule has 6 rings (SSSR count). The number of carbonyl (C=O) groups is 1. The zero-order valence-electron chi connectivity index (χ0n) is 18.1. The lowest BCUT2D eigenvalue weighted by atomic mass is 9.75. The highest BCUT2D eigenvalue weighted by atomic mass is 16.5. The minimum atomic E-state index is 0.0780. The van der Waals surface area contributed by atoms with Crippen molar-refractivity contribution in [3.63, 3.8) is 0 Å². The quantitative estimate of drug-likeness (QED) is 0.594. The van der Waals surface area contributed by atoms with Crippen molar-refractivity contribution in [3.05, 3.63) is 78.1 Å². The van der Waals surface area contributed by atoms with Gasteiger partial charge in [0.2, 0.25) is 5.91 Å². The molecule has 3 saturated heterocycles. The number of nitrogens with zero attached hydrogens (tertiary/aromatic N) is 4. The standard InChI is InChI=1S/C25H29N5O2/c31-25(26-14-19-7-3-1-4-8-19)24-17-29-12-11-20(24)13-22(29)16-30-15-21(27-28-30)18-32-23-9-5-2-6-10-23/h1-10,15,20,22,24H,11-14,16-18H2,(H,26,31). The Balaban J connectivity index is 1.12.